The minimum atomic E-state index is 0. The molecule has 0 radical (unpaired) electrons. The highest BCUT2D eigenvalue weighted by atomic mass is 127. The van der Waals surface area contributed by atoms with Crippen LogP contribution in [0.5, 0.6) is 0 Å². The molecule has 0 saturated carbocycles. The largest absolute Gasteiger partial charge is 0.361 e. The normalized spacial score (nSPS) is 11.3. The number of guanidine groups is 1. The lowest BCUT2D eigenvalue weighted by Gasteiger charge is -2.13. The summed E-state index contributed by atoms with van der Waals surface area (Å²) in [4.78, 5) is 4.80. The van der Waals surface area contributed by atoms with Crippen molar-refractivity contribution in [3.8, 4) is 5.69 Å². The van der Waals surface area contributed by atoms with Crippen molar-refractivity contribution in [2.45, 2.75) is 54.0 Å². The molecule has 0 aliphatic carbocycles. The molecule has 1 aromatic carbocycles. The third-order valence-electron chi connectivity index (χ3n) is 5.06. The van der Waals surface area contributed by atoms with Gasteiger partial charge in [0.2, 0.25) is 0 Å². The van der Waals surface area contributed by atoms with Gasteiger partial charge >= 0.3 is 0 Å². The Balaban J connectivity index is 0.00000341. The molecule has 3 aromatic rings. The van der Waals surface area contributed by atoms with Crippen molar-refractivity contribution >= 4 is 29.9 Å². The molecule has 0 aliphatic heterocycles. The first-order valence-electron chi connectivity index (χ1n) is 10.5. The van der Waals surface area contributed by atoms with Crippen LogP contribution in [-0.4, -0.2) is 34.0 Å². The van der Waals surface area contributed by atoms with Gasteiger partial charge in [0.1, 0.15) is 5.76 Å². The van der Waals surface area contributed by atoms with Crippen molar-refractivity contribution in [3.63, 3.8) is 0 Å². The predicted molar refractivity (Wildman–Crippen MR) is 136 cm³/mol. The van der Waals surface area contributed by atoms with Crippen LogP contribution in [0.2, 0.25) is 0 Å². The van der Waals surface area contributed by atoms with E-state index in [1.165, 1.54) is 5.56 Å². The molecule has 8 heteroatoms. The average Bonchev–Trinajstić information content (AvgIpc) is 3.23. The number of rotatable bonds is 8. The van der Waals surface area contributed by atoms with Crippen LogP contribution in [0.1, 0.15) is 47.3 Å². The highest BCUT2D eigenvalue weighted by Gasteiger charge is 2.10. The van der Waals surface area contributed by atoms with Crippen molar-refractivity contribution in [1.29, 1.82) is 0 Å². The number of nitrogens with one attached hydrogen (secondary N) is 2. The Morgan fingerprint density at radius 1 is 1.13 bits per heavy atom. The number of para-hydroxylation sites is 1. The van der Waals surface area contributed by atoms with Crippen LogP contribution < -0.4 is 10.6 Å². The lowest BCUT2D eigenvalue weighted by Crippen LogP contribution is -2.37. The van der Waals surface area contributed by atoms with Crippen LogP contribution in [-0.2, 0) is 13.0 Å². The van der Waals surface area contributed by atoms with Gasteiger partial charge in [0, 0.05) is 24.3 Å². The number of hydrogen-bond donors (Lipinski definition) is 2. The summed E-state index contributed by atoms with van der Waals surface area (Å²) in [5.41, 5.74) is 6.52. The summed E-state index contributed by atoms with van der Waals surface area (Å²) < 4.78 is 7.23. The average molecular weight is 536 g/mol. The fourth-order valence-electron chi connectivity index (χ4n) is 3.56. The Bertz CT molecular complexity index is 988. The zero-order valence-corrected chi connectivity index (χ0v) is 21.4. The molecule has 0 aliphatic rings. The van der Waals surface area contributed by atoms with E-state index in [2.05, 4.69) is 52.9 Å². The number of aromatic nitrogens is 3. The van der Waals surface area contributed by atoms with Gasteiger partial charge in [0.05, 0.1) is 23.6 Å². The monoisotopic (exact) mass is 536 g/mol. The van der Waals surface area contributed by atoms with E-state index < -0.39 is 0 Å². The second-order valence-electron chi connectivity index (χ2n) is 7.50. The predicted octanol–water partition coefficient (Wildman–Crippen LogP) is 4.40. The lowest BCUT2D eigenvalue weighted by molar-refractivity contribution is 0.392. The number of nitrogens with zero attached hydrogens (tertiary/aromatic N) is 4. The summed E-state index contributed by atoms with van der Waals surface area (Å²) in [6, 6.07) is 10.4. The van der Waals surface area contributed by atoms with Gasteiger partial charge in [-0.15, -0.1) is 24.0 Å². The molecule has 0 spiro atoms. The second kappa shape index (κ2) is 11.9. The number of aryl methyl sites for hydroxylation is 4. The summed E-state index contributed by atoms with van der Waals surface area (Å²) in [6.07, 6.45) is 1.92. The van der Waals surface area contributed by atoms with Gasteiger partial charge < -0.3 is 15.2 Å². The highest BCUT2D eigenvalue weighted by Crippen LogP contribution is 2.18. The Hall–Kier alpha value is -2.36. The first kappa shape index (κ1) is 24.9. The molecule has 168 valence electrons. The Morgan fingerprint density at radius 3 is 2.55 bits per heavy atom. The second-order valence-corrected chi connectivity index (χ2v) is 7.50. The van der Waals surface area contributed by atoms with Crippen LogP contribution in [0, 0.1) is 27.7 Å². The maximum absolute atomic E-state index is 5.24. The number of benzene rings is 1. The van der Waals surface area contributed by atoms with E-state index in [4.69, 9.17) is 9.52 Å². The standard InChI is InChI=1S/C23H32N6O.HI/c1-6-24-23(25-13-9-11-21-18(4)28-30-19(21)5)26-15-20-10-7-8-12-22(20)29-17(3)14-16(2)27-29;/h7-8,10,12,14H,6,9,11,13,15H2,1-5H3,(H2,24,25,26);1H. The van der Waals surface area contributed by atoms with Crippen LogP contribution >= 0.6 is 24.0 Å². The van der Waals surface area contributed by atoms with Crippen molar-refractivity contribution in [3.05, 3.63) is 64.3 Å². The summed E-state index contributed by atoms with van der Waals surface area (Å²) in [7, 11) is 0. The molecule has 0 unspecified atom stereocenters. The van der Waals surface area contributed by atoms with E-state index in [0.717, 1.165) is 66.0 Å². The maximum atomic E-state index is 5.24. The van der Waals surface area contributed by atoms with E-state index in [0.29, 0.717) is 6.54 Å². The SMILES string of the molecule is CCNC(=NCc1ccccc1-n1nc(C)cc1C)NCCCc1c(C)noc1C.I. The fraction of sp³-hybridized carbons (Fsp3) is 0.435. The van der Waals surface area contributed by atoms with Crippen LogP contribution in [0.4, 0.5) is 0 Å². The highest BCUT2D eigenvalue weighted by molar-refractivity contribution is 14.0. The van der Waals surface area contributed by atoms with Crippen molar-refractivity contribution < 1.29 is 4.52 Å². The minimum Gasteiger partial charge on any atom is -0.361 e. The van der Waals surface area contributed by atoms with Crippen molar-refractivity contribution in [1.82, 2.24) is 25.6 Å². The van der Waals surface area contributed by atoms with Crippen LogP contribution in [0.15, 0.2) is 39.8 Å². The van der Waals surface area contributed by atoms with Gasteiger partial charge in [-0.1, -0.05) is 23.4 Å². The van der Waals surface area contributed by atoms with E-state index >= 15 is 0 Å². The van der Waals surface area contributed by atoms with Gasteiger partial charge in [-0.3, -0.25) is 0 Å². The van der Waals surface area contributed by atoms with Gasteiger partial charge in [0.15, 0.2) is 5.96 Å². The zero-order chi connectivity index (χ0) is 21.5. The molecule has 31 heavy (non-hydrogen) atoms. The third-order valence-corrected chi connectivity index (χ3v) is 5.06. The molecular formula is C23H33IN6O. The number of halogens is 1. The minimum absolute atomic E-state index is 0. The zero-order valence-electron chi connectivity index (χ0n) is 19.0. The van der Waals surface area contributed by atoms with E-state index in [1.54, 1.807) is 0 Å². The van der Waals surface area contributed by atoms with Crippen LogP contribution in [0.3, 0.4) is 0 Å². The number of aliphatic imine (C=N–C) groups is 1. The van der Waals surface area contributed by atoms with Gasteiger partial charge in [0.25, 0.3) is 0 Å². The first-order chi connectivity index (χ1) is 14.5. The molecular weight excluding hydrogens is 503 g/mol. The molecule has 0 bridgehead atoms. The quantitative estimate of drug-likeness (QED) is 0.193. The van der Waals surface area contributed by atoms with Gasteiger partial charge in [-0.2, -0.15) is 5.10 Å². The third kappa shape index (κ3) is 6.56. The Kier molecular flexibility index (Phi) is 9.54. The summed E-state index contributed by atoms with van der Waals surface area (Å²) in [5.74, 6) is 1.73. The molecule has 0 fully saturated rings. The molecule has 0 saturated heterocycles. The lowest BCUT2D eigenvalue weighted by atomic mass is 10.1. The Morgan fingerprint density at radius 2 is 1.90 bits per heavy atom. The summed E-state index contributed by atoms with van der Waals surface area (Å²) in [5, 5.41) is 15.4. The topological polar surface area (TPSA) is 80.3 Å². The van der Waals surface area contributed by atoms with E-state index in [9.17, 15) is 0 Å². The molecule has 2 N–H and O–H groups in total. The Labute approximate surface area is 201 Å². The van der Waals surface area contributed by atoms with Gasteiger partial charge in [-0.05, 0) is 65.2 Å². The molecule has 2 heterocycles. The smallest absolute Gasteiger partial charge is 0.191 e. The van der Waals surface area contributed by atoms with E-state index in [-0.39, 0.29) is 24.0 Å². The molecule has 2 aromatic heterocycles. The molecule has 0 atom stereocenters. The molecule has 0 amide bonds. The summed E-state index contributed by atoms with van der Waals surface area (Å²) >= 11 is 0. The molecule has 7 nitrogen and oxygen atoms in total. The van der Waals surface area contributed by atoms with Crippen molar-refractivity contribution in [2.24, 2.45) is 4.99 Å². The number of hydrogen-bond acceptors (Lipinski definition) is 4. The van der Waals surface area contributed by atoms with E-state index in [1.807, 2.05) is 37.6 Å². The van der Waals surface area contributed by atoms with Crippen LogP contribution in [0.25, 0.3) is 5.69 Å². The maximum Gasteiger partial charge on any atom is 0.191 e. The molecule has 3 rings (SSSR count). The van der Waals surface area contributed by atoms with Crippen molar-refractivity contribution in [2.75, 3.05) is 13.1 Å². The summed E-state index contributed by atoms with van der Waals surface area (Å²) in [6.45, 7) is 12.3. The fourth-order valence-corrected chi connectivity index (χ4v) is 3.56. The van der Waals surface area contributed by atoms with Gasteiger partial charge in [-0.25, -0.2) is 9.67 Å². The first-order valence-corrected chi connectivity index (χ1v) is 10.5.